The first-order chi connectivity index (χ1) is 20.5. The van der Waals surface area contributed by atoms with Gasteiger partial charge in [-0.1, -0.05) is 32.0 Å². The van der Waals surface area contributed by atoms with E-state index in [2.05, 4.69) is 20.9 Å². The molecule has 13 heteroatoms. The van der Waals surface area contributed by atoms with Crippen molar-refractivity contribution >= 4 is 34.7 Å². The van der Waals surface area contributed by atoms with Gasteiger partial charge in [0.15, 0.2) is 0 Å². The molecule has 1 aliphatic heterocycles. The molecule has 0 spiro atoms. The Kier molecular flexibility index (Phi) is 12.7. The standard InChI is InChI=1S/C30H43N5O8/c1-18(2)32-16-21(36)17-43-25-11-6-8-20-12-13-22(34-26(20)25)27(37)31-14-5-4-9-23(29(39)40)33-19(3)28(38)35-15-7-10-24(35)30(41)42/h6,8,11-13,18-19,21,23-24,32-33,36H,4-5,7,9-10,14-17H2,1-3H3,(H,31,37)(H,39,40)(H,41,42). The Morgan fingerprint density at radius 2 is 1.86 bits per heavy atom. The lowest BCUT2D eigenvalue weighted by molar-refractivity contribution is -0.149. The second-order valence-electron chi connectivity index (χ2n) is 11.1. The van der Waals surface area contributed by atoms with Crippen LogP contribution in [0, 0.1) is 0 Å². The van der Waals surface area contributed by atoms with Crippen LogP contribution in [0.4, 0.5) is 0 Å². The molecule has 2 heterocycles. The fourth-order valence-electron chi connectivity index (χ4n) is 4.93. The molecule has 6 N–H and O–H groups in total. The van der Waals surface area contributed by atoms with Gasteiger partial charge in [0.25, 0.3) is 5.91 Å². The van der Waals surface area contributed by atoms with Gasteiger partial charge in [0.2, 0.25) is 5.91 Å². The zero-order valence-corrected chi connectivity index (χ0v) is 24.9. The molecule has 0 saturated carbocycles. The van der Waals surface area contributed by atoms with E-state index < -0.39 is 42.1 Å². The number of hydrogen-bond donors (Lipinski definition) is 6. The molecular weight excluding hydrogens is 558 g/mol. The molecule has 0 aliphatic carbocycles. The number of aromatic nitrogens is 1. The number of nitrogens with one attached hydrogen (secondary N) is 3. The summed E-state index contributed by atoms with van der Waals surface area (Å²) in [7, 11) is 0. The van der Waals surface area contributed by atoms with E-state index in [-0.39, 0.29) is 30.7 Å². The second kappa shape index (κ2) is 16.1. The van der Waals surface area contributed by atoms with Crippen molar-refractivity contribution in [3.05, 3.63) is 36.0 Å². The van der Waals surface area contributed by atoms with Crippen molar-refractivity contribution in [2.45, 2.75) is 83.1 Å². The molecule has 4 unspecified atom stereocenters. The van der Waals surface area contributed by atoms with Gasteiger partial charge in [-0.25, -0.2) is 9.78 Å². The van der Waals surface area contributed by atoms with Gasteiger partial charge in [-0.15, -0.1) is 0 Å². The Morgan fingerprint density at radius 1 is 1.09 bits per heavy atom. The summed E-state index contributed by atoms with van der Waals surface area (Å²) in [5, 5.41) is 38.7. The highest BCUT2D eigenvalue weighted by atomic mass is 16.5. The van der Waals surface area contributed by atoms with E-state index in [4.69, 9.17) is 4.74 Å². The molecule has 3 rings (SSSR count). The first-order valence-electron chi connectivity index (χ1n) is 14.7. The minimum atomic E-state index is -1.11. The molecule has 1 fully saturated rings. The maximum atomic E-state index is 12.8. The predicted octanol–water partition coefficient (Wildman–Crippen LogP) is 1.38. The average Bonchev–Trinajstić information content (AvgIpc) is 3.47. The number of hydrogen-bond acceptors (Lipinski definition) is 9. The number of pyridine rings is 1. The third-order valence-corrected chi connectivity index (χ3v) is 7.25. The van der Waals surface area contributed by atoms with Crippen LogP contribution in [0.1, 0.15) is 63.4 Å². The van der Waals surface area contributed by atoms with Crippen molar-refractivity contribution < 1.29 is 39.2 Å². The van der Waals surface area contributed by atoms with Crippen LogP contribution in [0.5, 0.6) is 5.75 Å². The summed E-state index contributed by atoms with van der Waals surface area (Å²) in [6.07, 6.45) is 1.44. The van der Waals surface area contributed by atoms with Crippen LogP contribution >= 0.6 is 0 Å². The number of ether oxygens (including phenoxy) is 1. The van der Waals surface area contributed by atoms with Crippen LogP contribution < -0.4 is 20.7 Å². The first kappa shape index (κ1) is 33.7. The lowest BCUT2D eigenvalue weighted by Gasteiger charge is -2.27. The highest BCUT2D eigenvalue weighted by Gasteiger charge is 2.36. The molecule has 1 aromatic heterocycles. The monoisotopic (exact) mass is 601 g/mol. The van der Waals surface area contributed by atoms with Gasteiger partial charge in [-0.2, -0.15) is 0 Å². The van der Waals surface area contributed by atoms with E-state index in [9.17, 15) is 34.5 Å². The molecule has 0 radical (unpaired) electrons. The van der Waals surface area contributed by atoms with Crippen LogP contribution in [0.15, 0.2) is 30.3 Å². The van der Waals surface area contributed by atoms with Gasteiger partial charge in [-0.3, -0.25) is 19.7 Å². The molecule has 13 nitrogen and oxygen atoms in total. The minimum Gasteiger partial charge on any atom is -0.489 e. The molecule has 2 amide bonds. The molecule has 236 valence electrons. The van der Waals surface area contributed by atoms with Crippen LogP contribution in [0.25, 0.3) is 10.9 Å². The van der Waals surface area contributed by atoms with Gasteiger partial charge in [0.1, 0.15) is 41.8 Å². The quantitative estimate of drug-likeness (QED) is 0.144. The highest BCUT2D eigenvalue weighted by molar-refractivity contribution is 5.96. The van der Waals surface area contributed by atoms with Crippen molar-refractivity contribution in [2.75, 3.05) is 26.2 Å². The Hall–Kier alpha value is -3.81. The summed E-state index contributed by atoms with van der Waals surface area (Å²) < 4.78 is 5.80. The van der Waals surface area contributed by atoms with Gasteiger partial charge >= 0.3 is 11.9 Å². The molecule has 1 aromatic carbocycles. The van der Waals surface area contributed by atoms with Gasteiger partial charge in [-0.05, 0) is 51.2 Å². The third kappa shape index (κ3) is 9.87. The maximum Gasteiger partial charge on any atom is 0.326 e. The summed E-state index contributed by atoms with van der Waals surface area (Å²) in [4.78, 5) is 54.5. The summed E-state index contributed by atoms with van der Waals surface area (Å²) in [6, 6.07) is 6.28. The Balaban J connectivity index is 1.48. The minimum absolute atomic E-state index is 0.0666. The van der Waals surface area contributed by atoms with E-state index >= 15 is 0 Å². The second-order valence-corrected chi connectivity index (χ2v) is 11.1. The topological polar surface area (TPSA) is 190 Å². The van der Waals surface area contributed by atoms with Crippen molar-refractivity contribution in [1.82, 2.24) is 25.8 Å². The van der Waals surface area contributed by atoms with Crippen LogP contribution in [0.2, 0.25) is 0 Å². The van der Waals surface area contributed by atoms with E-state index in [1.165, 1.54) is 11.8 Å². The van der Waals surface area contributed by atoms with E-state index in [0.717, 1.165) is 5.39 Å². The number of carbonyl (C=O) groups excluding carboxylic acids is 2. The summed E-state index contributed by atoms with van der Waals surface area (Å²) >= 11 is 0. The van der Waals surface area contributed by atoms with Crippen molar-refractivity contribution in [1.29, 1.82) is 0 Å². The number of unbranched alkanes of at least 4 members (excludes halogenated alkanes) is 1. The normalized spacial score (nSPS) is 17.0. The zero-order chi connectivity index (χ0) is 31.5. The molecule has 4 atom stereocenters. The van der Waals surface area contributed by atoms with E-state index in [1.807, 2.05) is 26.0 Å². The van der Waals surface area contributed by atoms with Crippen LogP contribution in [0.3, 0.4) is 0 Å². The number of carboxylic acid groups (broad SMARTS) is 2. The predicted molar refractivity (Wildman–Crippen MR) is 159 cm³/mol. The lowest BCUT2D eigenvalue weighted by Crippen LogP contribution is -2.53. The van der Waals surface area contributed by atoms with Crippen LogP contribution in [-0.2, 0) is 14.4 Å². The average molecular weight is 602 g/mol. The number of aliphatic carboxylic acids is 2. The lowest BCUT2D eigenvalue weighted by atomic mass is 10.1. The van der Waals surface area contributed by atoms with Crippen molar-refractivity contribution in [2.24, 2.45) is 0 Å². The molecule has 2 aromatic rings. The number of rotatable bonds is 17. The number of aliphatic hydroxyl groups is 1. The van der Waals surface area contributed by atoms with Gasteiger partial charge in [0.05, 0.1) is 6.04 Å². The molecule has 1 aliphatic rings. The summed E-state index contributed by atoms with van der Waals surface area (Å²) in [5.74, 6) is -2.53. The van der Waals surface area contributed by atoms with Gasteiger partial charge in [0, 0.05) is 31.1 Å². The fraction of sp³-hybridized carbons (Fsp3) is 0.567. The number of fused-ring (bicyclic) bond motifs is 1. The zero-order valence-electron chi connectivity index (χ0n) is 24.9. The number of amides is 2. The number of aliphatic hydroxyl groups excluding tert-OH is 1. The number of carboxylic acids is 2. The SMILES string of the molecule is CC(C)NCC(O)COc1cccc2ccc(C(=O)NCCCCC(NC(C)C(=O)N3CCCC3C(=O)O)C(=O)O)nc12. The Bertz CT molecular complexity index is 1270. The molecule has 1 saturated heterocycles. The smallest absolute Gasteiger partial charge is 0.326 e. The molecule has 0 bridgehead atoms. The fourth-order valence-corrected chi connectivity index (χ4v) is 4.93. The van der Waals surface area contributed by atoms with Gasteiger partial charge < -0.3 is 35.6 Å². The Labute approximate surface area is 251 Å². The van der Waals surface area contributed by atoms with Crippen molar-refractivity contribution in [3.8, 4) is 5.75 Å². The third-order valence-electron chi connectivity index (χ3n) is 7.25. The number of nitrogens with zero attached hydrogens (tertiary/aromatic N) is 2. The maximum absolute atomic E-state index is 12.8. The van der Waals surface area contributed by atoms with Crippen molar-refractivity contribution in [3.63, 3.8) is 0 Å². The largest absolute Gasteiger partial charge is 0.489 e. The summed E-state index contributed by atoms with van der Waals surface area (Å²) in [5.41, 5.74) is 0.700. The van der Waals surface area contributed by atoms with E-state index in [0.29, 0.717) is 56.6 Å². The highest BCUT2D eigenvalue weighted by Crippen LogP contribution is 2.24. The number of para-hydroxylation sites is 1. The van der Waals surface area contributed by atoms with Crippen LogP contribution in [-0.4, -0.2) is 105 Å². The molecule has 43 heavy (non-hydrogen) atoms. The summed E-state index contributed by atoms with van der Waals surface area (Å²) in [6.45, 7) is 6.58. The first-order valence-corrected chi connectivity index (χ1v) is 14.7. The Morgan fingerprint density at radius 3 is 2.56 bits per heavy atom. The van der Waals surface area contributed by atoms with E-state index in [1.54, 1.807) is 18.2 Å². The number of carbonyl (C=O) groups is 4. The number of benzene rings is 1. The number of likely N-dealkylation sites (tertiary alicyclic amines) is 1. The molecular formula is C30H43N5O8.